The van der Waals surface area contributed by atoms with Gasteiger partial charge in [-0.25, -0.2) is 4.39 Å². The van der Waals surface area contributed by atoms with E-state index in [1.165, 1.54) is 11.6 Å². The Hall–Kier alpha value is -2.40. The summed E-state index contributed by atoms with van der Waals surface area (Å²) < 4.78 is 19.4. The van der Waals surface area contributed by atoms with E-state index in [9.17, 15) is 9.18 Å². The van der Waals surface area contributed by atoms with Crippen LogP contribution in [0.25, 0.3) is 0 Å². The van der Waals surface area contributed by atoms with Crippen molar-refractivity contribution < 1.29 is 13.9 Å². The molecule has 0 saturated carbocycles. The number of carbonyl (C=O) groups excluding carboxylic acids is 1. The van der Waals surface area contributed by atoms with Gasteiger partial charge in [0.25, 0.3) is 0 Å². The summed E-state index contributed by atoms with van der Waals surface area (Å²) in [6, 6.07) is 15.6. The molecule has 4 atom stereocenters. The number of likely N-dealkylation sites (tertiary alicyclic amines) is 1. The number of carbonyl (C=O) groups is 1. The number of amides is 1. The lowest BCUT2D eigenvalue weighted by atomic mass is 9.70. The molecule has 3 aliphatic rings. The summed E-state index contributed by atoms with van der Waals surface area (Å²) in [5, 5.41) is 0. The summed E-state index contributed by atoms with van der Waals surface area (Å²) in [6.45, 7) is 2.85. The third-order valence-corrected chi connectivity index (χ3v) is 7.49. The normalized spacial score (nSPS) is 28.3. The van der Waals surface area contributed by atoms with Crippen LogP contribution in [0.1, 0.15) is 36.8 Å². The molecule has 0 N–H and O–H groups in total. The Bertz CT molecular complexity index is 949. The first-order chi connectivity index (χ1) is 15.1. The second kappa shape index (κ2) is 8.62. The van der Waals surface area contributed by atoms with Gasteiger partial charge in [0.2, 0.25) is 5.91 Å². The zero-order chi connectivity index (χ0) is 21.4. The van der Waals surface area contributed by atoms with Crippen LogP contribution in [-0.4, -0.2) is 48.0 Å². The Morgan fingerprint density at radius 3 is 2.77 bits per heavy atom. The zero-order valence-corrected chi connectivity index (χ0v) is 18.2. The Balaban J connectivity index is 1.41. The molecule has 4 nitrogen and oxygen atoms in total. The highest BCUT2D eigenvalue weighted by Gasteiger charge is 2.49. The van der Waals surface area contributed by atoms with Gasteiger partial charge in [-0.3, -0.25) is 9.69 Å². The summed E-state index contributed by atoms with van der Waals surface area (Å²) in [5.74, 6) is 1.96. The average Bonchev–Trinajstić information content (AvgIpc) is 2.77. The standard InChI is InChI=1S/C26H31FN2O2/c1-31-25-10-3-2-7-19(25)15-28-16-20-14-21(17-28)24(13-18-6-4-8-22(27)12-18)29-23(20)9-5-11-26(29)30/h2-4,6-8,10,12,20-21,23-24H,5,9,11,13-17H2,1H3/t20-,21+,23+,24+/m1/s1. The number of methoxy groups -OCH3 is 1. The number of ether oxygens (including phenoxy) is 1. The number of rotatable bonds is 5. The molecule has 0 radical (unpaired) electrons. The minimum absolute atomic E-state index is 0.149. The van der Waals surface area contributed by atoms with Gasteiger partial charge in [-0.05, 0) is 61.3 Å². The summed E-state index contributed by atoms with van der Waals surface area (Å²) in [7, 11) is 1.73. The van der Waals surface area contributed by atoms with Crippen molar-refractivity contribution in [3.8, 4) is 5.75 Å². The zero-order valence-electron chi connectivity index (χ0n) is 18.2. The minimum Gasteiger partial charge on any atom is -0.496 e. The van der Waals surface area contributed by atoms with Crippen LogP contribution >= 0.6 is 0 Å². The maximum Gasteiger partial charge on any atom is 0.223 e. The number of benzene rings is 2. The van der Waals surface area contributed by atoms with Gasteiger partial charge in [0.05, 0.1) is 7.11 Å². The van der Waals surface area contributed by atoms with Gasteiger partial charge in [0, 0.05) is 43.7 Å². The topological polar surface area (TPSA) is 32.8 Å². The van der Waals surface area contributed by atoms with E-state index >= 15 is 0 Å². The molecule has 2 aromatic rings. The largest absolute Gasteiger partial charge is 0.496 e. The van der Waals surface area contributed by atoms with Gasteiger partial charge in [-0.15, -0.1) is 0 Å². The first-order valence-corrected chi connectivity index (χ1v) is 11.5. The molecule has 1 amide bonds. The van der Waals surface area contributed by atoms with Crippen LogP contribution in [0.4, 0.5) is 4.39 Å². The number of halogens is 1. The highest BCUT2D eigenvalue weighted by molar-refractivity contribution is 5.78. The Morgan fingerprint density at radius 2 is 1.94 bits per heavy atom. The summed E-state index contributed by atoms with van der Waals surface area (Å²) in [5.41, 5.74) is 2.20. The number of fused-ring (bicyclic) bond motifs is 4. The maximum atomic E-state index is 13.9. The van der Waals surface area contributed by atoms with Crippen molar-refractivity contribution in [3.05, 3.63) is 65.5 Å². The van der Waals surface area contributed by atoms with E-state index in [-0.39, 0.29) is 11.9 Å². The third kappa shape index (κ3) is 4.08. The van der Waals surface area contributed by atoms with Crippen molar-refractivity contribution in [3.63, 3.8) is 0 Å². The van der Waals surface area contributed by atoms with Gasteiger partial charge >= 0.3 is 0 Å². The molecule has 0 aliphatic carbocycles. The van der Waals surface area contributed by atoms with Crippen LogP contribution in [0.2, 0.25) is 0 Å². The van der Waals surface area contributed by atoms with Crippen LogP contribution in [-0.2, 0) is 17.8 Å². The van der Waals surface area contributed by atoms with Crippen molar-refractivity contribution in [2.75, 3.05) is 20.2 Å². The molecule has 3 saturated heterocycles. The average molecular weight is 423 g/mol. The molecule has 0 unspecified atom stereocenters. The van der Waals surface area contributed by atoms with E-state index in [0.29, 0.717) is 30.2 Å². The van der Waals surface area contributed by atoms with Crippen molar-refractivity contribution in [2.24, 2.45) is 11.8 Å². The molecule has 164 valence electrons. The fraction of sp³-hybridized carbons (Fsp3) is 0.500. The third-order valence-electron chi connectivity index (χ3n) is 7.49. The van der Waals surface area contributed by atoms with Gasteiger partial charge in [0.15, 0.2) is 0 Å². The minimum atomic E-state index is -0.200. The van der Waals surface area contributed by atoms with Crippen molar-refractivity contribution >= 4 is 5.91 Å². The molecule has 3 heterocycles. The predicted molar refractivity (Wildman–Crippen MR) is 118 cm³/mol. The van der Waals surface area contributed by atoms with Gasteiger partial charge in [0.1, 0.15) is 11.6 Å². The highest BCUT2D eigenvalue weighted by Crippen LogP contribution is 2.43. The molecule has 3 fully saturated rings. The Labute approximate surface area is 184 Å². The lowest BCUT2D eigenvalue weighted by Gasteiger charge is -2.57. The quantitative estimate of drug-likeness (QED) is 0.721. The first-order valence-electron chi connectivity index (χ1n) is 11.5. The Kier molecular flexibility index (Phi) is 5.70. The smallest absolute Gasteiger partial charge is 0.223 e. The van der Waals surface area contributed by atoms with E-state index in [1.54, 1.807) is 19.2 Å². The van der Waals surface area contributed by atoms with Gasteiger partial charge in [-0.1, -0.05) is 30.3 Å². The molecule has 0 spiro atoms. The summed E-state index contributed by atoms with van der Waals surface area (Å²) in [6.07, 6.45) is 4.63. The molecular formula is C26H31FN2O2. The lowest BCUT2D eigenvalue weighted by molar-refractivity contribution is -0.152. The van der Waals surface area contributed by atoms with E-state index in [0.717, 1.165) is 56.6 Å². The fourth-order valence-corrected chi connectivity index (χ4v) is 6.24. The fourth-order valence-electron chi connectivity index (χ4n) is 6.24. The molecule has 31 heavy (non-hydrogen) atoms. The van der Waals surface area contributed by atoms with E-state index in [2.05, 4.69) is 21.9 Å². The van der Waals surface area contributed by atoms with E-state index in [1.807, 2.05) is 18.2 Å². The lowest BCUT2D eigenvalue weighted by Crippen LogP contribution is -2.65. The number of para-hydroxylation sites is 1. The number of piperidine rings is 3. The van der Waals surface area contributed by atoms with E-state index in [4.69, 9.17) is 4.74 Å². The monoisotopic (exact) mass is 422 g/mol. The van der Waals surface area contributed by atoms with Gasteiger partial charge in [-0.2, -0.15) is 0 Å². The highest BCUT2D eigenvalue weighted by atomic mass is 19.1. The summed E-state index contributed by atoms with van der Waals surface area (Å²) >= 11 is 0. The maximum absolute atomic E-state index is 13.9. The molecule has 2 aromatic carbocycles. The first kappa shape index (κ1) is 20.5. The molecule has 3 aliphatic heterocycles. The molecule has 5 heteroatoms. The Morgan fingerprint density at radius 1 is 1.10 bits per heavy atom. The SMILES string of the molecule is COc1ccccc1CN1C[C@H]2C[C@@H](C1)[C@H](Cc1cccc(F)c1)N1C(=O)CCC[C@@H]21. The second-order valence-electron chi connectivity index (χ2n) is 9.42. The van der Waals surface area contributed by atoms with Crippen LogP contribution in [0, 0.1) is 17.7 Å². The van der Waals surface area contributed by atoms with Crippen molar-refractivity contribution in [1.82, 2.24) is 9.80 Å². The number of hydrogen-bond donors (Lipinski definition) is 0. The van der Waals surface area contributed by atoms with E-state index < -0.39 is 0 Å². The second-order valence-corrected chi connectivity index (χ2v) is 9.42. The van der Waals surface area contributed by atoms with Crippen LogP contribution in [0.3, 0.4) is 0 Å². The number of nitrogens with zero attached hydrogens (tertiary/aromatic N) is 2. The van der Waals surface area contributed by atoms with Crippen LogP contribution in [0.15, 0.2) is 48.5 Å². The van der Waals surface area contributed by atoms with Gasteiger partial charge < -0.3 is 9.64 Å². The predicted octanol–water partition coefficient (Wildman–Crippen LogP) is 4.28. The molecule has 2 bridgehead atoms. The summed E-state index contributed by atoms with van der Waals surface area (Å²) in [4.78, 5) is 17.8. The molecule has 5 rings (SSSR count). The van der Waals surface area contributed by atoms with Crippen molar-refractivity contribution in [2.45, 2.75) is 50.7 Å². The van der Waals surface area contributed by atoms with Crippen LogP contribution < -0.4 is 4.74 Å². The molecular weight excluding hydrogens is 391 g/mol. The molecule has 0 aromatic heterocycles. The van der Waals surface area contributed by atoms with Crippen molar-refractivity contribution in [1.29, 1.82) is 0 Å². The number of hydrogen-bond acceptors (Lipinski definition) is 3. The van der Waals surface area contributed by atoms with Crippen LogP contribution in [0.5, 0.6) is 5.75 Å².